The van der Waals surface area contributed by atoms with Crippen LogP contribution in [0.5, 0.6) is 0 Å². The van der Waals surface area contributed by atoms with Gasteiger partial charge >= 0.3 is 6.03 Å². The van der Waals surface area contributed by atoms with Crippen LogP contribution in [0.2, 0.25) is 0 Å². The zero-order chi connectivity index (χ0) is 22.6. The minimum absolute atomic E-state index is 0. The van der Waals surface area contributed by atoms with Crippen LogP contribution in [0.15, 0.2) is 48.5 Å². The lowest BCUT2D eigenvalue weighted by atomic mass is 9.87. The number of hydrogen-bond donors (Lipinski definition) is 3. The Hall–Kier alpha value is -2.57. The van der Waals surface area contributed by atoms with Crippen LogP contribution in [0, 0.1) is 0 Å². The summed E-state index contributed by atoms with van der Waals surface area (Å²) in [5.41, 5.74) is 9.39. The van der Waals surface area contributed by atoms with Crippen molar-refractivity contribution >= 4 is 35.7 Å². The summed E-state index contributed by atoms with van der Waals surface area (Å²) in [6, 6.07) is 15.6. The highest BCUT2D eigenvalue weighted by Crippen LogP contribution is 2.24. The fourth-order valence-corrected chi connectivity index (χ4v) is 3.70. The topological polar surface area (TPSA) is 87.5 Å². The molecule has 2 aromatic carbocycles. The molecule has 0 aliphatic carbocycles. The SMILES string of the molecule is CC(C)c1ccc(NC(=O)N2CCC(N)(C(=O)Nc3ccc(C(C)C)cc3)CC2)cc1.Cl. The molecule has 0 aromatic heterocycles. The Balaban J connectivity index is 0.00000363. The van der Waals surface area contributed by atoms with Crippen molar-refractivity contribution in [1.29, 1.82) is 0 Å². The van der Waals surface area contributed by atoms with Crippen LogP contribution in [0.3, 0.4) is 0 Å². The average molecular weight is 459 g/mol. The fraction of sp³-hybridized carbons (Fsp3) is 0.440. The normalized spacial score (nSPS) is 15.3. The number of halogens is 1. The minimum atomic E-state index is -0.980. The van der Waals surface area contributed by atoms with E-state index in [1.54, 1.807) is 4.90 Å². The first-order chi connectivity index (χ1) is 14.7. The fourth-order valence-electron chi connectivity index (χ4n) is 3.70. The first-order valence-corrected chi connectivity index (χ1v) is 11.0. The molecule has 6 nitrogen and oxygen atoms in total. The third-order valence-electron chi connectivity index (χ3n) is 6.06. The highest BCUT2D eigenvalue weighted by atomic mass is 35.5. The van der Waals surface area contributed by atoms with Crippen molar-refractivity contribution in [2.45, 2.75) is 57.9 Å². The maximum atomic E-state index is 12.8. The van der Waals surface area contributed by atoms with Crippen LogP contribution >= 0.6 is 12.4 Å². The maximum absolute atomic E-state index is 12.8. The molecule has 3 amide bonds. The van der Waals surface area contributed by atoms with Gasteiger partial charge in [-0.15, -0.1) is 12.4 Å². The number of benzene rings is 2. The van der Waals surface area contributed by atoms with E-state index in [9.17, 15) is 9.59 Å². The highest BCUT2D eigenvalue weighted by Gasteiger charge is 2.38. The maximum Gasteiger partial charge on any atom is 0.321 e. The Bertz CT molecular complexity index is 903. The van der Waals surface area contributed by atoms with E-state index in [0.29, 0.717) is 37.8 Å². The van der Waals surface area contributed by atoms with Crippen LogP contribution in [0.25, 0.3) is 0 Å². The van der Waals surface area contributed by atoms with E-state index >= 15 is 0 Å². The van der Waals surface area contributed by atoms with Gasteiger partial charge in [-0.05, 0) is 60.1 Å². The molecule has 1 saturated heterocycles. The predicted molar refractivity (Wildman–Crippen MR) is 134 cm³/mol. The summed E-state index contributed by atoms with van der Waals surface area (Å²) in [5.74, 6) is 0.687. The summed E-state index contributed by atoms with van der Waals surface area (Å²) in [4.78, 5) is 27.1. The van der Waals surface area contributed by atoms with Crippen molar-refractivity contribution in [2.75, 3.05) is 23.7 Å². The first-order valence-electron chi connectivity index (χ1n) is 11.0. The molecule has 2 aromatic rings. The molecule has 1 fully saturated rings. The van der Waals surface area contributed by atoms with E-state index in [4.69, 9.17) is 5.73 Å². The van der Waals surface area contributed by atoms with Crippen molar-refractivity contribution in [3.05, 3.63) is 59.7 Å². The van der Waals surface area contributed by atoms with Gasteiger partial charge in [0.25, 0.3) is 0 Å². The Morgan fingerprint density at radius 1 is 0.812 bits per heavy atom. The molecular formula is C25H35ClN4O2. The number of rotatable bonds is 5. The number of amides is 3. The predicted octanol–water partition coefficient (Wildman–Crippen LogP) is 5.32. The number of nitrogens with one attached hydrogen (secondary N) is 2. The lowest BCUT2D eigenvalue weighted by Crippen LogP contribution is -2.58. The summed E-state index contributed by atoms with van der Waals surface area (Å²) >= 11 is 0. The number of likely N-dealkylation sites (tertiary alicyclic amines) is 1. The summed E-state index contributed by atoms with van der Waals surface area (Å²) in [5, 5.41) is 5.87. The second kappa shape index (κ2) is 10.8. The lowest BCUT2D eigenvalue weighted by Gasteiger charge is -2.37. The number of hydrogen-bond acceptors (Lipinski definition) is 3. The Morgan fingerprint density at radius 3 is 1.62 bits per heavy atom. The molecule has 1 aliphatic rings. The van der Waals surface area contributed by atoms with Gasteiger partial charge in [0.05, 0.1) is 5.54 Å². The molecule has 0 unspecified atom stereocenters. The third-order valence-corrected chi connectivity index (χ3v) is 6.06. The first kappa shape index (κ1) is 25.7. The van der Waals surface area contributed by atoms with E-state index in [-0.39, 0.29) is 24.3 Å². The van der Waals surface area contributed by atoms with E-state index in [1.165, 1.54) is 11.1 Å². The Labute approximate surface area is 197 Å². The van der Waals surface area contributed by atoms with Gasteiger partial charge in [0.15, 0.2) is 0 Å². The lowest BCUT2D eigenvalue weighted by molar-refractivity contribution is -0.122. The molecular weight excluding hydrogens is 424 g/mol. The number of nitrogens with zero attached hydrogens (tertiary/aromatic N) is 1. The van der Waals surface area contributed by atoms with Gasteiger partial charge in [-0.2, -0.15) is 0 Å². The molecule has 174 valence electrons. The standard InChI is InChI=1S/C25H34N4O2.ClH/c1-17(2)19-5-9-21(10-6-19)27-23(30)25(26)13-15-29(16-14-25)24(31)28-22-11-7-20(8-12-22)18(3)4;/h5-12,17-18H,13-16,26H2,1-4H3,(H,27,30)(H,28,31);1H. The summed E-state index contributed by atoms with van der Waals surface area (Å²) in [6.07, 6.45) is 0.839. The molecule has 0 spiro atoms. The van der Waals surface area contributed by atoms with Crippen molar-refractivity contribution in [2.24, 2.45) is 5.73 Å². The second-order valence-electron chi connectivity index (χ2n) is 9.08. The van der Waals surface area contributed by atoms with Crippen LogP contribution < -0.4 is 16.4 Å². The number of urea groups is 1. The number of carbonyl (C=O) groups is 2. The smallest absolute Gasteiger partial charge is 0.321 e. The molecule has 4 N–H and O–H groups in total. The Kier molecular flexibility index (Phi) is 8.70. The van der Waals surface area contributed by atoms with E-state index < -0.39 is 5.54 Å². The minimum Gasteiger partial charge on any atom is -0.324 e. The zero-order valence-corrected chi connectivity index (χ0v) is 20.2. The quantitative estimate of drug-likeness (QED) is 0.566. The third kappa shape index (κ3) is 6.24. The molecule has 1 aliphatic heterocycles. The van der Waals surface area contributed by atoms with E-state index in [2.05, 4.69) is 38.3 Å². The number of nitrogens with two attached hydrogens (primary N) is 1. The van der Waals surface area contributed by atoms with Crippen LogP contribution in [-0.2, 0) is 4.79 Å². The largest absolute Gasteiger partial charge is 0.324 e. The van der Waals surface area contributed by atoms with Crippen LogP contribution in [0.1, 0.15) is 63.5 Å². The zero-order valence-electron chi connectivity index (χ0n) is 19.4. The monoisotopic (exact) mass is 458 g/mol. The van der Waals surface area contributed by atoms with Gasteiger partial charge in [0, 0.05) is 24.5 Å². The van der Waals surface area contributed by atoms with Gasteiger partial charge in [0.1, 0.15) is 0 Å². The molecule has 3 rings (SSSR count). The summed E-state index contributed by atoms with van der Waals surface area (Å²) < 4.78 is 0. The van der Waals surface area contributed by atoms with Crippen LogP contribution in [0.4, 0.5) is 16.2 Å². The Morgan fingerprint density at radius 2 is 1.22 bits per heavy atom. The number of anilines is 2. The summed E-state index contributed by atoms with van der Waals surface area (Å²) in [6.45, 7) is 9.41. The van der Waals surface area contributed by atoms with Gasteiger partial charge in [-0.3, -0.25) is 4.79 Å². The molecule has 0 bridgehead atoms. The van der Waals surface area contributed by atoms with Crippen molar-refractivity contribution in [3.63, 3.8) is 0 Å². The molecule has 0 atom stereocenters. The summed E-state index contributed by atoms with van der Waals surface area (Å²) in [7, 11) is 0. The molecule has 0 saturated carbocycles. The van der Waals surface area contributed by atoms with Gasteiger partial charge in [0.2, 0.25) is 5.91 Å². The van der Waals surface area contributed by atoms with Crippen molar-refractivity contribution in [3.8, 4) is 0 Å². The molecule has 7 heteroatoms. The number of piperidine rings is 1. The van der Waals surface area contributed by atoms with Crippen LogP contribution in [-0.4, -0.2) is 35.5 Å². The highest BCUT2D eigenvalue weighted by molar-refractivity contribution is 5.98. The van der Waals surface area contributed by atoms with Gasteiger partial charge < -0.3 is 21.3 Å². The van der Waals surface area contributed by atoms with Gasteiger partial charge in [-0.1, -0.05) is 52.0 Å². The van der Waals surface area contributed by atoms with E-state index in [0.717, 1.165) is 11.4 Å². The molecule has 0 radical (unpaired) electrons. The van der Waals surface area contributed by atoms with Crippen molar-refractivity contribution < 1.29 is 9.59 Å². The number of carbonyl (C=O) groups excluding carboxylic acids is 2. The van der Waals surface area contributed by atoms with Crippen molar-refractivity contribution in [1.82, 2.24) is 4.90 Å². The molecule has 32 heavy (non-hydrogen) atoms. The van der Waals surface area contributed by atoms with E-state index in [1.807, 2.05) is 48.5 Å². The van der Waals surface area contributed by atoms with Gasteiger partial charge in [-0.25, -0.2) is 4.79 Å². The average Bonchev–Trinajstić information content (AvgIpc) is 2.75. The molecule has 1 heterocycles. The second-order valence-corrected chi connectivity index (χ2v) is 9.08.